The lowest BCUT2D eigenvalue weighted by Crippen LogP contribution is -2.38. The summed E-state index contributed by atoms with van der Waals surface area (Å²) >= 11 is 0. The van der Waals surface area contributed by atoms with E-state index in [0.717, 1.165) is 24.7 Å². The molecule has 0 aliphatic carbocycles. The molecule has 104 valence electrons. The van der Waals surface area contributed by atoms with Gasteiger partial charge in [0.1, 0.15) is 0 Å². The number of hydrogen-bond donors (Lipinski definition) is 1. The Labute approximate surface area is 115 Å². The van der Waals surface area contributed by atoms with Crippen molar-refractivity contribution < 1.29 is 0 Å². The summed E-state index contributed by atoms with van der Waals surface area (Å²) in [5.41, 5.74) is 7.75. The molecule has 0 saturated carbocycles. The quantitative estimate of drug-likeness (QED) is 0.902. The molecule has 0 bridgehead atoms. The van der Waals surface area contributed by atoms with Crippen LogP contribution in [0.5, 0.6) is 0 Å². The standard InChI is InChI=1S/C15H24N4/c16-14-9-15(11-17-10-14)19-7-3-13(4-8-19)12-18-5-1-2-6-18/h9-11,13H,1-8,12,16H2. The summed E-state index contributed by atoms with van der Waals surface area (Å²) in [6, 6.07) is 2.04. The number of piperidine rings is 1. The fourth-order valence-electron chi connectivity index (χ4n) is 3.32. The maximum atomic E-state index is 5.81. The first-order chi connectivity index (χ1) is 9.31. The number of pyridine rings is 1. The Morgan fingerprint density at radius 2 is 1.84 bits per heavy atom. The minimum Gasteiger partial charge on any atom is -0.397 e. The van der Waals surface area contributed by atoms with Gasteiger partial charge >= 0.3 is 0 Å². The third kappa shape index (κ3) is 3.18. The van der Waals surface area contributed by atoms with Gasteiger partial charge in [-0.3, -0.25) is 4.98 Å². The van der Waals surface area contributed by atoms with Gasteiger partial charge in [-0.05, 0) is 50.8 Å². The van der Waals surface area contributed by atoms with Gasteiger partial charge in [-0.2, -0.15) is 0 Å². The van der Waals surface area contributed by atoms with Gasteiger partial charge in [0.2, 0.25) is 0 Å². The summed E-state index contributed by atoms with van der Waals surface area (Å²) in [7, 11) is 0. The smallest absolute Gasteiger partial charge is 0.0573 e. The van der Waals surface area contributed by atoms with Crippen molar-refractivity contribution in [1.82, 2.24) is 9.88 Å². The average molecular weight is 260 g/mol. The number of nitrogens with zero attached hydrogens (tertiary/aromatic N) is 3. The first-order valence-corrected chi connectivity index (χ1v) is 7.49. The van der Waals surface area contributed by atoms with Crippen LogP contribution in [0.15, 0.2) is 18.5 Å². The molecule has 0 aromatic carbocycles. The van der Waals surface area contributed by atoms with Crippen LogP contribution in [0.25, 0.3) is 0 Å². The number of rotatable bonds is 3. The highest BCUT2D eigenvalue weighted by atomic mass is 15.2. The summed E-state index contributed by atoms with van der Waals surface area (Å²) in [5, 5.41) is 0. The predicted octanol–water partition coefficient (Wildman–Crippen LogP) is 1.98. The van der Waals surface area contributed by atoms with Gasteiger partial charge in [0.15, 0.2) is 0 Å². The Kier molecular flexibility index (Phi) is 3.87. The number of nitrogen functional groups attached to an aromatic ring is 1. The lowest BCUT2D eigenvalue weighted by molar-refractivity contribution is 0.249. The summed E-state index contributed by atoms with van der Waals surface area (Å²) in [6.07, 6.45) is 9.03. The molecule has 2 N–H and O–H groups in total. The van der Waals surface area contributed by atoms with E-state index < -0.39 is 0 Å². The molecule has 4 nitrogen and oxygen atoms in total. The number of likely N-dealkylation sites (tertiary alicyclic amines) is 1. The Balaban J connectivity index is 1.51. The van der Waals surface area contributed by atoms with Crippen LogP contribution in [0.2, 0.25) is 0 Å². The van der Waals surface area contributed by atoms with E-state index in [1.54, 1.807) is 6.20 Å². The van der Waals surface area contributed by atoms with Crippen molar-refractivity contribution >= 4 is 11.4 Å². The van der Waals surface area contributed by atoms with E-state index >= 15 is 0 Å². The van der Waals surface area contributed by atoms with Crippen molar-refractivity contribution in [2.45, 2.75) is 25.7 Å². The van der Waals surface area contributed by atoms with E-state index in [1.165, 1.54) is 51.0 Å². The molecule has 3 heterocycles. The zero-order chi connectivity index (χ0) is 13.1. The van der Waals surface area contributed by atoms with Crippen LogP contribution in [0.4, 0.5) is 11.4 Å². The molecule has 0 radical (unpaired) electrons. The SMILES string of the molecule is Nc1cncc(N2CCC(CN3CCCC3)CC2)c1. The first-order valence-electron chi connectivity index (χ1n) is 7.49. The van der Waals surface area contributed by atoms with Crippen LogP contribution in [-0.4, -0.2) is 42.6 Å². The molecule has 1 aromatic heterocycles. The van der Waals surface area contributed by atoms with Crippen molar-refractivity contribution in [3.8, 4) is 0 Å². The predicted molar refractivity (Wildman–Crippen MR) is 79.3 cm³/mol. The maximum Gasteiger partial charge on any atom is 0.0573 e. The summed E-state index contributed by atoms with van der Waals surface area (Å²) < 4.78 is 0. The maximum absolute atomic E-state index is 5.81. The van der Waals surface area contributed by atoms with Gasteiger partial charge in [0.25, 0.3) is 0 Å². The Hall–Kier alpha value is -1.29. The van der Waals surface area contributed by atoms with Crippen molar-refractivity contribution in [3.63, 3.8) is 0 Å². The van der Waals surface area contributed by atoms with Crippen molar-refractivity contribution in [2.75, 3.05) is 43.4 Å². The second kappa shape index (κ2) is 5.78. The highest BCUT2D eigenvalue weighted by Crippen LogP contribution is 2.25. The molecule has 2 aliphatic heterocycles. The molecule has 2 saturated heterocycles. The molecule has 1 aromatic rings. The summed E-state index contributed by atoms with van der Waals surface area (Å²) in [4.78, 5) is 9.25. The number of hydrogen-bond acceptors (Lipinski definition) is 4. The molecule has 2 aliphatic rings. The molecule has 0 atom stereocenters. The minimum absolute atomic E-state index is 0.761. The molecule has 0 spiro atoms. The van der Waals surface area contributed by atoms with Crippen LogP contribution in [0.3, 0.4) is 0 Å². The van der Waals surface area contributed by atoms with Crippen LogP contribution in [0, 0.1) is 5.92 Å². The lowest BCUT2D eigenvalue weighted by Gasteiger charge is -2.35. The van der Waals surface area contributed by atoms with Crippen LogP contribution in [-0.2, 0) is 0 Å². The summed E-state index contributed by atoms with van der Waals surface area (Å²) in [5.74, 6) is 0.878. The van der Waals surface area contributed by atoms with Crippen LogP contribution < -0.4 is 10.6 Å². The topological polar surface area (TPSA) is 45.4 Å². The molecular weight excluding hydrogens is 236 g/mol. The number of nitrogens with two attached hydrogens (primary N) is 1. The zero-order valence-corrected chi connectivity index (χ0v) is 11.6. The number of anilines is 2. The second-order valence-electron chi connectivity index (χ2n) is 5.91. The minimum atomic E-state index is 0.761. The van der Waals surface area contributed by atoms with Gasteiger partial charge in [-0.25, -0.2) is 0 Å². The van der Waals surface area contributed by atoms with Crippen molar-refractivity contribution in [2.24, 2.45) is 5.92 Å². The van der Waals surface area contributed by atoms with Crippen LogP contribution >= 0.6 is 0 Å². The first kappa shape index (κ1) is 12.7. The van der Waals surface area contributed by atoms with Gasteiger partial charge in [-0.1, -0.05) is 0 Å². The molecule has 19 heavy (non-hydrogen) atoms. The van der Waals surface area contributed by atoms with E-state index in [9.17, 15) is 0 Å². The van der Waals surface area contributed by atoms with Crippen molar-refractivity contribution in [1.29, 1.82) is 0 Å². The fraction of sp³-hybridized carbons (Fsp3) is 0.667. The van der Waals surface area contributed by atoms with E-state index in [4.69, 9.17) is 5.73 Å². The number of aromatic nitrogens is 1. The van der Waals surface area contributed by atoms with E-state index in [-0.39, 0.29) is 0 Å². The molecular formula is C15H24N4. The normalized spacial score (nSPS) is 22.0. The highest BCUT2D eigenvalue weighted by molar-refractivity contribution is 5.53. The molecule has 4 heteroatoms. The Morgan fingerprint density at radius 1 is 1.11 bits per heavy atom. The lowest BCUT2D eigenvalue weighted by atomic mass is 9.96. The second-order valence-corrected chi connectivity index (χ2v) is 5.91. The molecule has 3 rings (SSSR count). The van der Waals surface area contributed by atoms with E-state index in [2.05, 4.69) is 14.8 Å². The van der Waals surface area contributed by atoms with Gasteiger partial charge in [0.05, 0.1) is 17.6 Å². The third-order valence-electron chi connectivity index (χ3n) is 4.44. The molecule has 0 unspecified atom stereocenters. The summed E-state index contributed by atoms with van der Waals surface area (Å²) in [6.45, 7) is 6.23. The van der Waals surface area contributed by atoms with Crippen molar-refractivity contribution in [3.05, 3.63) is 18.5 Å². The zero-order valence-electron chi connectivity index (χ0n) is 11.6. The fourth-order valence-corrected chi connectivity index (χ4v) is 3.32. The van der Waals surface area contributed by atoms with E-state index in [1.807, 2.05) is 12.3 Å². The van der Waals surface area contributed by atoms with E-state index in [0.29, 0.717) is 0 Å². The largest absolute Gasteiger partial charge is 0.397 e. The van der Waals surface area contributed by atoms with Crippen LogP contribution in [0.1, 0.15) is 25.7 Å². The Morgan fingerprint density at radius 3 is 2.53 bits per heavy atom. The Bertz CT molecular complexity index is 406. The monoisotopic (exact) mass is 260 g/mol. The third-order valence-corrected chi connectivity index (χ3v) is 4.44. The van der Waals surface area contributed by atoms with Gasteiger partial charge < -0.3 is 15.5 Å². The molecule has 2 fully saturated rings. The average Bonchev–Trinajstić information content (AvgIpc) is 2.92. The van der Waals surface area contributed by atoms with Gasteiger partial charge in [-0.15, -0.1) is 0 Å². The highest BCUT2D eigenvalue weighted by Gasteiger charge is 2.23. The molecule has 0 amide bonds. The van der Waals surface area contributed by atoms with Gasteiger partial charge in [0, 0.05) is 25.8 Å².